The monoisotopic (exact) mass is 1210 g/mol. The van der Waals surface area contributed by atoms with Gasteiger partial charge in [0.15, 0.2) is 11.0 Å². The van der Waals surface area contributed by atoms with Gasteiger partial charge in [-0.2, -0.15) is 18.8 Å². The summed E-state index contributed by atoms with van der Waals surface area (Å²) in [7, 11) is -4.44. The Morgan fingerprint density at radius 3 is 1.32 bits per heavy atom. The maximum Gasteiger partial charge on any atom is 0.294 e. The van der Waals surface area contributed by atoms with Gasteiger partial charge in [-0.1, -0.05) is 26.7 Å². The average Bonchev–Trinajstić information content (AvgIpc) is 2.59. The van der Waals surface area contributed by atoms with E-state index in [0.717, 1.165) is 12.8 Å². The number of hydrogen-bond acceptors (Lipinski definition) is 22. The van der Waals surface area contributed by atoms with Gasteiger partial charge in [-0.15, -0.1) is 20.2 Å². The SMILES string of the molecule is CCCc1nn(C)c2c(=O)[nH]c(-c3cc(S(=O)(=O)N4CC(N(CCCO)CCCO)C4)ccc3OCC)nc12.CCCc1nn(C)c2c(=O)[nH]c(-c3cc(S(=O)(=O)N4CC(N(CCCO[N+](=O)[O-])CCCO[N+](=O)[O-])C4)ccc3OCC)nc12. The standard InChI is InChI=1S/C26H36N8O10S.C26H38N6O6S/c1-4-8-21-23-24(30(3)29-21)26(35)28-25(27-23)20-15-19(9-10-22(20)42-5-2)45(40,41)32-16-18(17-32)31(11-6-13-43-33(36)37)12-7-14-44-34(38)39;1-4-8-21-23-24(30(3)29-21)26(35)28-25(27-23)20-15-19(9-10-22(20)38-5-2)39(36,37)32-16-18(17-32)31(11-6-13-33)12-7-14-34/h9-10,15,18H,4-8,11-14,16-17H2,1-3H3,(H,27,28,35);9-10,15,18,33-34H,4-8,11-14,16-17H2,1-3H3,(H,27,28,35). The highest BCUT2D eigenvalue weighted by atomic mass is 32.2. The molecule has 0 amide bonds. The summed E-state index contributed by atoms with van der Waals surface area (Å²) in [6, 6.07) is 8.79. The lowest BCUT2D eigenvalue weighted by molar-refractivity contribution is -0.758. The quantitative estimate of drug-likeness (QED) is 0.0268. The fraction of sp³-hybridized carbons (Fsp3) is 0.577. The van der Waals surface area contributed by atoms with Crippen LogP contribution in [0.15, 0.2) is 55.8 Å². The number of aliphatic hydroxyl groups excluding tert-OH is 2. The lowest BCUT2D eigenvalue weighted by Crippen LogP contribution is -2.61. The van der Waals surface area contributed by atoms with Crippen molar-refractivity contribution >= 4 is 42.1 Å². The van der Waals surface area contributed by atoms with Crippen LogP contribution in [0.2, 0.25) is 0 Å². The number of benzene rings is 2. The molecule has 4 aromatic heterocycles. The van der Waals surface area contributed by atoms with E-state index in [1.165, 1.54) is 48.3 Å². The van der Waals surface area contributed by atoms with Crippen LogP contribution in [-0.2, 0) is 56.7 Å². The summed E-state index contributed by atoms with van der Waals surface area (Å²) < 4.78 is 71.8. The Morgan fingerprint density at radius 2 is 0.988 bits per heavy atom. The molecule has 32 heteroatoms. The predicted octanol–water partition coefficient (Wildman–Crippen LogP) is 2.66. The molecule has 0 saturated carbocycles. The third-order valence-corrected chi connectivity index (χ3v) is 17.9. The molecular formula is C52H74N14O16S2. The van der Waals surface area contributed by atoms with Crippen LogP contribution in [0.1, 0.15) is 77.6 Å². The Morgan fingerprint density at radius 1 is 0.619 bits per heavy atom. The molecule has 0 bridgehead atoms. The van der Waals surface area contributed by atoms with Gasteiger partial charge in [0.05, 0.1) is 58.7 Å². The molecular weight excluding hydrogens is 1140 g/mol. The molecule has 2 fully saturated rings. The Labute approximate surface area is 484 Å². The number of nitrogens with one attached hydrogen (secondary N) is 2. The Hall–Kier alpha value is -7.20. The van der Waals surface area contributed by atoms with E-state index in [-0.39, 0.29) is 78.6 Å². The number of aryl methyl sites for hydroxylation is 4. The average molecular weight is 1220 g/mol. The first-order chi connectivity index (χ1) is 40.2. The van der Waals surface area contributed by atoms with Crippen LogP contribution in [0.4, 0.5) is 0 Å². The van der Waals surface area contributed by atoms with Crippen molar-refractivity contribution in [1.29, 1.82) is 0 Å². The number of ether oxygens (including phenoxy) is 2. The van der Waals surface area contributed by atoms with Crippen molar-refractivity contribution < 1.29 is 56.4 Å². The minimum Gasteiger partial charge on any atom is -0.493 e. The van der Waals surface area contributed by atoms with Gasteiger partial charge in [0, 0.05) is 91.8 Å². The van der Waals surface area contributed by atoms with Gasteiger partial charge in [0.25, 0.3) is 21.3 Å². The third-order valence-electron chi connectivity index (χ3n) is 14.3. The number of aliphatic hydroxyl groups is 2. The molecule has 2 saturated heterocycles. The molecule has 2 aromatic carbocycles. The van der Waals surface area contributed by atoms with Gasteiger partial charge in [-0.3, -0.25) is 28.8 Å². The van der Waals surface area contributed by atoms with Crippen molar-refractivity contribution in [2.75, 3.05) is 92.0 Å². The van der Waals surface area contributed by atoms with Crippen molar-refractivity contribution in [2.24, 2.45) is 14.1 Å². The van der Waals surface area contributed by atoms with Crippen LogP contribution in [0.3, 0.4) is 0 Å². The second kappa shape index (κ2) is 29.1. The van der Waals surface area contributed by atoms with Crippen LogP contribution in [0.5, 0.6) is 11.5 Å². The van der Waals surface area contributed by atoms with Gasteiger partial charge in [0.1, 0.15) is 34.2 Å². The smallest absolute Gasteiger partial charge is 0.294 e. The molecule has 2 aliphatic heterocycles. The zero-order valence-corrected chi connectivity index (χ0v) is 49.6. The normalized spacial score (nSPS) is 14.4. The molecule has 8 rings (SSSR count). The fourth-order valence-electron chi connectivity index (χ4n) is 10.1. The van der Waals surface area contributed by atoms with E-state index in [4.69, 9.17) is 14.5 Å². The van der Waals surface area contributed by atoms with Gasteiger partial charge >= 0.3 is 0 Å². The maximum absolute atomic E-state index is 13.7. The van der Waals surface area contributed by atoms with E-state index in [9.17, 15) is 56.9 Å². The molecule has 0 radical (unpaired) electrons. The van der Waals surface area contributed by atoms with Gasteiger partial charge in [-0.25, -0.2) is 26.8 Å². The molecule has 4 N–H and O–H groups in total. The number of nitrogens with zero attached hydrogens (tertiary/aromatic N) is 12. The van der Waals surface area contributed by atoms with Crippen LogP contribution in [-0.4, -0.2) is 199 Å². The molecule has 460 valence electrons. The van der Waals surface area contributed by atoms with Crippen molar-refractivity contribution in [3.63, 3.8) is 0 Å². The minimum atomic E-state index is -3.98. The summed E-state index contributed by atoms with van der Waals surface area (Å²) >= 11 is 0. The first-order valence-electron chi connectivity index (χ1n) is 27.9. The van der Waals surface area contributed by atoms with E-state index in [0.29, 0.717) is 147 Å². The number of hydrogen-bond donors (Lipinski definition) is 4. The summed E-state index contributed by atoms with van der Waals surface area (Å²) in [5.41, 5.74) is 2.89. The molecule has 84 heavy (non-hydrogen) atoms. The minimum absolute atomic E-state index is 0.0167. The number of rotatable bonds is 32. The number of fused-ring (bicyclic) bond motifs is 2. The molecule has 0 unspecified atom stereocenters. The molecule has 6 aromatic rings. The number of aromatic amines is 2. The summed E-state index contributed by atoms with van der Waals surface area (Å²) in [4.78, 5) is 74.8. The van der Waals surface area contributed by atoms with Gasteiger partial charge in [-0.05, 0) is 88.8 Å². The van der Waals surface area contributed by atoms with Gasteiger partial charge in [0.2, 0.25) is 20.0 Å². The van der Waals surface area contributed by atoms with Crippen LogP contribution < -0.4 is 20.6 Å². The predicted molar refractivity (Wildman–Crippen MR) is 306 cm³/mol. The summed E-state index contributed by atoms with van der Waals surface area (Å²) in [6.45, 7) is 11.0. The zero-order valence-electron chi connectivity index (χ0n) is 48.0. The highest BCUT2D eigenvalue weighted by Crippen LogP contribution is 2.36. The third kappa shape index (κ3) is 15.0. The molecule has 6 heterocycles. The van der Waals surface area contributed by atoms with Crippen molar-refractivity contribution in [2.45, 2.75) is 101 Å². The second-order valence-electron chi connectivity index (χ2n) is 20.0. The van der Waals surface area contributed by atoms with E-state index in [1.807, 2.05) is 25.7 Å². The second-order valence-corrected chi connectivity index (χ2v) is 23.9. The van der Waals surface area contributed by atoms with E-state index in [2.05, 4.69) is 39.7 Å². The lowest BCUT2D eigenvalue weighted by Gasteiger charge is -2.44. The van der Waals surface area contributed by atoms with Crippen molar-refractivity contribution in [3.8, 4) is 34.3 Å². The number of H-pyrrole nitrogens is 2. The topological polar surface area (TPSA) is 372 Å². The number of aromatic nitrogens is 8. The molecule has 30 nitrogen and oxygen atoms in total. The molecule has 2 aliphatic rings. The van der Waals surface area contributed by atoms with Gasteiger partial charge < -0.3 is 39.3 Å². The van der Waals surface area contributed by atoms with E-state index >= 15 is 0 Å². The lowest BCUT2D eigenvalue weighted by atomic mass is 10.1. The highest BCUT2D eigenvalue weighted by molar-refractivity contribution is 7.89. The Bertz CT molecular complexity index is 3570. The highest BCUT2D eigenvalue weighted by Gasteiger charge is 2.41. The molecule has 0 spiro atoms. The molecule has 0 aliphatic carbocycles. The maximum atomic E-state index is 13.7. The summed E-state index contributed by atoms with van der Waals surface area (Å²) in [6.07, 6.45) is 4.67. The first kappa shape index (κ1) is 64.4. The summed E-state index contributed by atoms with van der Waals surface area (Å²) in [5.74, 6) is 1.14. The van der Waals surface area contributed by atoms with E-state index < -0.39 is 35.8 Å². The van der Waals surface area contributed by atoms with Crippen molar-refractivity contribution in [1.82, 2.24) is 57.9 Å². The van der Waals surface area contributed by atoms with Crippen LogP contribution >= 0.6 is 0 Å². The summed E-state index contributed by atoms with van der Waals surface area (Å²) in [5, 5.41) is 46.5. The fourth-order valence-corrected chi connectivity index (χ4v) is 13.2. The van der Waals surface area contributed by atoms with Crippen LogP contribution in [0, 0.1) is 20.2 Å². The van der Waals surface area contributed by atoms with Crippen LogP contribution in [0.25, 0.3) is 44.8 Å². The molecule has 0 atom stereocenters. The van der Waals surface area contributed by atoms with E-state index in [1.54, 1.807) is 27.1 Å². The number of sulfonamides is 2. The zero-order chi connectivity index (χ0) is 60.9. The Kier molecular flexibility index (Phi) is 22.3. The Balaban J connectivity index is 0.000000243. The van der Waals surface area contributed by atoms with Crippen molar-refractivity contribution in [3.05, 3.63) is 88.7 Å². The first-order valence-corrected chi connectivity index (χ1v) is 30.8. The largest absolute Gasteiger partial charge is 0.493 e.